The van der Waals surface area contributed by atoms with Gasteiger partial charge in [0.15, 0.2) is 11.5 Å². The third-order valence-electron chi connectivity index (χ3n) is 6.84. The molecule has 2 N–H and O–H groups in total. The Bertz CT molecular complexity index is 847. The van der Waals surface area contributed by atoms with Gasteiger partial charge < -0.3 is 24.8 Å². The second-order valence-corrected chi connectivity index (χ2v) is 9.70. The lowest BCUT2D eigenvalue weighted by Gasteiger charge is -2.26. The van der Waals surface area contributed by atoms with Crippen molar-refractivity contribution in [2.45, 2.75) is 82.3 Å². The zero-order valence-corrected chi connectivity index (χ0v) is 19.7. The van der Waals surface area contributed by atoms with Crippen LogP contribution in [0.25, 0.3) is 0 Å². The Hall–Kier alpha value is -2.23. The number of rotatable bonds is 8. The van der Waals surface area contributed by atoms with E-state index < -0.39 is 5.60 Å². The van der Waals surface area contributed by atoms with E-state index in [1.165, 1.54) is 19.3 Å². The monoisotopic (exact) mass is 454 g/mol. The zero-order chi connectivity index (χ0) is 22.9. The van der Waals surface area contributed by atoms with E-state index in [0.29, 0.717) is 26.1 Å². The van der Waals surface area contributed by atoms with Crippen molar-refractivity contribution in [3.8, 4) is 23.3 Å². The number of ether oxygens (including phenoxy) is 2. The van der Waals surface area contributed by atoms with Crippen LogP contribution in [0.5, 0.6) is 11.5 Å². The van der Waals surface area contributed by atoms with Gasteiger partial charge in [0.2, 0.25) is 5.91 Å². The molecule has 0 spiro atoms. The van der Waals surface area contributed by atoms with Gasteiger partial charge in [-0.3, -0.25) is 4.79 Å². The van der Waals surface area contributed by atoms with E-state index in [-0.39, 0.29) is 11.9 Å². The SMILES string of the molecule is O=C(CCCC#CC1(O)CCCCC1)NC(Cc1ccc2c(c1)OCCO2)CN1CCCC1. The van der Waals surface area contributed by atoms with Gasteiger partial charge in [-0.05, 0) is 82.2 Å². The Balaban J connectivity index is 1.28. The number of nitrogens with zero attached hydrogens (tertiary/aromatic N) is 1. The van der Waals surface area contributed by atoms with Crippen molar-refractivity contribution < 1.29 is 19.4 Å². The van der Waals surface area contributed by atoms with Crippen molar-refractivity contribution in [2.24, 2.45) is 0 Å². The van der Waals surface area contributed by atoms with Crippen LogP contribution in [0.1, 0.15) is 69.8 Å². The summed E-state index contributed by atoms with van der Waals surface area (Å²) >= 11 is 0. The molecule has 1 unspecified atom stereocenters. The Morgan fingerprint density at radius 1 is 1.09 bits per heavy atom. The molecule has 4 rings (SSSR count). The van der Waals surface area contributed by atoms with Crippen molar-refractivity contribution in [2.75, 3.05) is 32.8 Å². The Morgan fingerprint density at radius 2 is 1.85 bits per heavy atom. The average molecular weight is 455 g/mol. The van der Waals surface area contributed by atoms with E-state index >= 15 is 0 Å². The summed E-state index contributed by atoms with van der Waals surface area (Å²) in [5.74, 6) is 7.85. The minimum atomic E-state index is -0.801. The molecular weight excluding hydrogens is 416 g/mol. The average Bonchev–Trinajstić information content (AvgIpc) is 3.32. The highest BCUT2D eigenvalue weighted by atomic mass is 16.6. The summed E-state index contributed by atoms with van der Waals surface area (Å²) in [4.78, 5) is 15.1. The Labute approximate surface area is 198 Å². The van der Waals surface area contributed by atoms with E-state index in [0.717, 1.165) is 75.2 Å². The summed E-state index contributed by atoms with van der Waals surface area (Å²) < 4.78 is 11.4. The van der Waals surface area contributed by atoms with Crippen LogP contribution in [0.4, 0.5) is 0 Å². The van der Waals surface area contributed by atoms with Gasteiger partial charge >= 0.3 is 0 Å². The number of unbranched alkanes of at least 4 members (excludes halogenated alkanes) is 1. The molecule has 33 heavy (non-hydrogen) atoms. The largest absolute Gasteiger partial charge is 0.486 e. The third kappa shape index (κ3) is 7.38. The quantitative estimate of drug-likeness (QED) is 0.465. The number of likely N-dealkylation sites (tertiary alicyclic amines) is 1. The van der Waals surface area contributed by atoms with E-state index in [2.05, 4.69) is 28.1 Å². The maximum atomic E-state index is 12.7. The zero-order valence-electron chi connectivity index (χ0n) is 19.7. The van der Waals surface area contributed by atoms with Crippen LogP contribution in [0.15, 0.2) is 18.2 Å². The number of amides is 1. The third-order valence-corrected chi connectivity index (χ3v) is 6.84. The fraction of sp³-hybridized carbons (Fsp3) is 0.667. The molecule has 1 saturated carbocycles. The molecule has 3 aliphatic rings. The van der Waals surface area contributed by atoms with Gasteiger partial charge in [-0.1, -0.05) is 18.4 Å². The Morgan fingerprint density at radius 3 is 2.64 bits per heavy atom. The molecule has 1 amide bonds. The lowest BCUT2D eigenvalue weighted by atomic mass is 9.85. The van der Waals surface area contributed by atoms with E-state index in [1.807, 2.05) is 12.1 Å². The molecule has 2 heterocycles. The predicted molar refractivity (Wildman–Crippen MR) is 128 cm³/mol. The van der Waals surface area contributed by atoms with E-state index in [4.69, 9.17) is 9.47 Å². The normalized spacial score (nSPS) is 20.5. The molecule has 0 aromatic heterocycles. The molecule has 2 fully saturated rings. The number of nitrogens with one attached hydrogen (secondary N) is 1. The van der Waals surface area contributed by atoms with Crippen molar-refractivity contribution in [1.82, 2.24) is 10.2 Å². The number of aliphatic hydroxyl groups is 1. The molecule has 1 saturated heterocycles. The van der Waals surface area contributed by atoms with Crippen LogP contribution in [-0.4, -0.2) is 60.4 Å². The van der Waals surface area contributed by atoms with Gasteiger partial charge in [-0.2, -0.15) is 0 Å². The molecule has 6 nitrogen and oxygen atoms in total. The van der Waals surface area contributed by atoms with Crippen molar-refractivity contribution in [1.29, 1.82) is 0 Å². The number of carbonyl (C=O) groups is 1. The summed E-state index contributed by atoms with van der Waals surface area (Å²) in [6.07, 6.45) is 9.91. The predicted octanol–water partition coefficient (Wildman–Crippen LogP) is 3.45. The highest BCUT2D eigenvalue weighted by molar-refractivity contribution is 5.76. The summed E-state index contributed by atoms with van der Waals surface area (Å²) in [7, 11) is 0. The molecule has 1 aliphatic carbocycles. The first-order valence-corrected chi connectivity index (χ1v) is 12.7. The van der Waals surface area contributed by atoms with Gasteiger partial charge in [0, 0.05) is 25.4 Å². The summed E-state index contributed by atoms with van der Waals surface area (Å²) in [5, 5.41) is 13.7. The second-order valence-electron chi connectivity index (χ2n) is 9.70. The van der Waals surface area contributed by atoms with E-state index in [1.54, 1.807) is 0 Å². The molecular formula is C27H38N2O4. The molecule has 1 aromatic carbocycles. The van der Waals surface area contributed by atoms with Crippen LogP contribution in [0.2, 0.25) is 0 Å². The second kappa shape index (κ2) is 11.8. The first-order valence-electron chi connectivity index (χ1n) is 12.7. The fourth-order valence-electron chi connectivity index (χ4n) is 5.06. The van der Waals surface area contributed by atoms with Crippen LogP contribution in [0, 0.1) is 11.8 Å². The number of benzene rings is 1. The minimum absolute atomic E-state index is 0.0622. The molecule has 1 atom stereocenters. The molecule has 1 aromatic rings. The van der Waals surface area contributed by atoms with Gasteiger partial charge in [-0.15, -0.1) is 5.92 Å². The van der Waals surface area contributed by atoms with Crippen LogP contribution < -0.4 is 14.8 Å². The minimum Gasteiger partial charge on any atom is -0.486 e. The van der Waals surface area contributed by atoms with Gasteiger partial charge in [-0.25, -0.2) is 0 Å². The van der Waals surface area contributed by atoms with Gasteiger partial charge in [0.25, 0.3) is 0 Å². The first kappa shape index (κ1) is 23.9. The molecule has 2 aliphatic heterocycles. The van der Waals surface area contributed by atoms with Crippen molar-refractivity contribution >= 4 is 5.91 Å². The lowest BCUT2D eigenvalue weighted by molar-refractivity contribution is -0.122. The Kier molecular flexibility index (Phi) is 8.52. The van der Waals surface area contributed by atoms with Crippen molar-refractivity contribution in [3.63, 3.8) is 0 Å². The summed E-state index contributed by atoms with van der Waals surface area (Å²) in [6.45, 7) is 4.24. The van der Waals surface area contributed by atoms with Crippen molar-refractivity contribution in [3.05, 3.63) is 23.8 Å². The van der Waals surface area contributed by atoms with Crippen LogP contribution >= 0.6 is 0 Å². The highest BCUT2D eigenvalue weighted by Crippen LogP contribution is 2.31. The fourth-order valence-corrected chi connectivity index (χ4v) is 5.06. The highest BCUT2D eigenvalue weighted by Gasteiger charge is 2.26. The van der Waals surface area contributed by atoms with E-state index in [9.17, 15) is 9.90 Å². The topological polar surface area (TPSA) is 71.0 Å². The standard InChI is InChI=1S/C27H38N2O4/c30-26(9-3-1-4-12-27(31)13-5-2-6-14-27)28-23(21-29-15-7-8-16-29)19-22-10-11-24-25(20-22)33-18-17-32-24/h10-11,20,23,31H,1-3,5-9,13-19,21H2,(H,28,30). The van der Waals surface area contributed by atoms with Gasteiger partial charge in [0.1, 0.15) is 18.8 Å². The summed E-state index contributed by atoms with van der Waals surface area (Å²) in [5.41, 5.74) is 0.348. The van der Waals surface area contributed by atoms with Crippen LogP contribution in [-0.2, 0) is 11.2 Å². The molecule has 0 bridgehead atoms. The number of fused-ring (bicyclic) bond motifs is 1. The maximum Gasteiger partial charge on any atom is 0.220 e. The molecule has 0 radical (unpaired) electrons. The number of carbonyl (C=O) groups excluding carboxylic acids is 1. The van der Waals surface area contributed by atoms with Crippen LogP contribution in [0.3, 0.4) is 0 Å². The molecule has 6 heteroatoms. The lowest BCUT2D eigenvalue weighted by Crippen LogP contribution is -2.44. The van der Waals surface area contributed by atoms with Gasteiger partial charge in [0.05, 0.1) is 0 Å². The maximum absolute atomic E-state index is 12.7. The number of hydrogen-bond donors (Lipinski definition) is 2. The number of hydrogen-bond acceptors (Lipinski definition) is 5. The smallest absolute Gasteiger partial charge is 0.220 e. The molecule has 180 valence electrons. The first-order chi connectivity index (χ1) is 16.1. The summed E-state index contributed by atoms with van der Waals surface area (Å²) in [6, 6.07) is 6.15.